The van der Waals surface area contributed by atoms with E-state index in [1.165, 1.54) is 0 Å². The molecule has 0 unspecified atom stereocenters. The predicted molar refractivity (Wildman–Crippen MR) is 94.1 cm³/mol. The first-order chi connectivity index (χ1) is 10.8. The summed E-state index contributed by atoms with van der Waals surface area (Å²) in [5, 5.41) is 3.04. The normalized spacial score (nSPS) is 10.9. The molecule has 0 atom stereocenters. The van der Waals surface area contributed by atoms with Gasteiger partial charge < -0.3 is 9.88 Å². The minimum Gasteiger partial charge on any atom is -0.340 e. The van der Waals surface area contributed by atoms with Crippen LogP contribution >= 0.6 is 0 Å². The topological polar surface area (TPSA) is 51.1 Å². The zero-order valence-corrected chi connectivity index (χ0v) is 14.4. The van der Waals surface area contributed by atoms with Gasteiger partial charge in [0.05, 0.1) is 0 Å². The molecule has 0 bridgehead atoms. The number of nitrogens with zero attached hydrogens (tertiary/aromatic N) is 1. The fourth-order valence-electron chi connectivity index (χ4n) is 2.80. The van der Waals surface area contributed by atoms with Gasteiger partial charge in [-0.05, 0) is 37.8 Å². The average Bonchev–Trinajstić information content (AvgIpc) is 2.44. The lowest BCUT2D eigenvalue weighted by atomic mass is 9.98. The summed E-state index contributed by atoms with van der Waals surface area (Å²) in [6, 6.07) is 9.15. The summed E-state index contributed by atoms with van der Waals surface area (Å²) in [6.07, 6.45) is 0. The second kappa shape index (κ2) is 6.82. The van der Waals surface area contributed by atoms with Crippen LogP contribution in [-0.4, -0.2) is 10.5 Å². The highest BCUT2D eigenvalue weighted by Crippen LogP contribution is 2.27. The molecular formula is C19H24N2O2. The number of carbonyl (C=O) groups is 1. The predicted octanol–water partition coefficient (Wildman–Crippen LogP) is 3.54. The monoisotopic (exact) mass is 312 g/mol. The molecular weight excluding hydrogens is 288 g/mol. The van der Waals surface area contributed by atoms with Crippen LogP contribution in [0.2, 0.25) is 0 Å². The summed E-state index contributed by atoms with van der Waals surface area (Å²) in [6.45, 7) is 10.1. The lowest BCUT2D eigenvalue weighted by Gasteiger charge is -2.18. The van der Waals surface area contributed by atoms with Crippen LogP contribution in [0.15, 0.2) is 35.1 Å². The van der Waals surface area contributed by atoms with E-state index in [0.29, 0.717) is 5.92 Å². The van der Waals surface area contributed by atoms with Crippen LogP contribution in [0.25, 0.3) is 0 Å². The number of aryl methyl sites for hydroxylation is 3. The van der Waals surface area contributed by atoms with Gasteiger partial charge in [-0.15, -0.1) is 0 Å². The van der Waals surface area contributed by atoms with Crippen molar-refractivity contribution in [2.45, 2.75) is 47.1 Å². The van der Waals surface area contributed by atoms with E-state index in [4.69, 9.17) is 0 Å². The SMILES string of the molecule is Cc1cccc(C(C)C)c1NC(=O)Cn1c(C)cc(=O)cc1C. The minimum absolute atomic E-state index is 0.0299. The summed E-state index contributed by atoms with van der Waals surface area (Å²) in [5.74, 6) is 0.247. The third-order valence-corrected chi connectivity index (χ3v) is 4.05. The first kappa shape index (κ1) is 17.0. The van der Waals surface area contributed by atoms with Gasteiger partial charge in [0.25, 0.3) is 0 Å². The lowest BCUT2D eigenvalue weighted by Crippen LogP contribution is -2.24. The second-order valence-electron chi connectivity index (χ2n) is 6.30. The summed E-state index contributed by atoms with van der Waals surface area (Å²) < 4.78 is 1.85. The number of hydrogen-bond donors (Lipinski definition) is 1. The number of hydrogen-bond acceptors (Lipinski definition) is 2. The van der Waals surface area contributed by atoms with Gasteiger partial charge in [0.15, 0.2) is 5.43 Å². The second-order valence-corrected chi connectivity index (χ2v) is 6.30. The molecule has 0 saturated heterocycles. The van der Waals surface area contributed by atoms with Gasteiger partial charge in [-0.2, -0.15) is 0 Å². The van der Waals surface area contributed by atoms with E-state index in [2.05, 4.69) is 19.2 Å². The molecule has 122 valence electrons. The number of amides is 1. The van der Waals surface area contributed by atoms with Gasteiger partial charge in [-0.3, -0.25) is 9.59 Å². The van der Waals surface area contributed by atoms with Crippen molar-refractivity contribution in [3.63, 3.8) is 0 Å². The third kappa shape index (κ3) is 3.89. The highest BCUT2D eigenvalue weighted by atomic mass is 16.2. The van der Waals surface area contributed by atoms with Crippen LogP contribution < -0.4 is 10.7 Å². The number of carbonyl (C=O) groups excluding carboxylic acids is 1. The van der Waals surface area contributed by atoms with Crippen molar-refractivity contribution in [2.24, 2.45) is 0 Å². The maximum Gasteiger partial charge on any atom is 0.244 e. The number of anilines is 1. The van der Waals surface area contributed by atoms with E-state index >= 15 is 0 Å². The molecule has 0 saturated carbocycles. The Hall–Kier alpha value is -2.36. The van der Waals surface area contributed by atoms with Crippen LogP contribution in [0.1, 0.15) is 42.3 Å². The van der Waals surface area contributed by atoms with Gasteiger partial charge in [0, 0.05) is 29.2 Å². The average molecular weight is 312 g/mol. The Morgan fingerprint density at radius 1 is 1.13 bits per heavy atom. The van der Waals surface area contributed by atoms with Crippen molar-refractivity contribution in [1.82, 2.24) is 4.57 Å². The highest BCUT2D eigenvalue weighted by Gasteiger charge is 2.13. The van der Waals surface area contributed by atoms with Crippen LogP contribution in [0.5, 0.6) is 0 Å². The smallest absolute Gasteiger partial charge is 0.244 e. The van der Waals surface area contributed by atoms with Crippen molar-refractivity contribution in [3.05, 3.63) is 63.1 Å². The van der Waals surface area contributed by atoms with Gasteiger partial charge in [0.1, 0.15) is 6.54 Å². The van der Waals surface area contributed by atoms with Crippen molar-refractivity contribution < 1.29 is 4.79 Å². The quantitative estimate of drug-likeness (QED) is 0.939. The maximum atomic E-state index is 12.5. The van der Waals surface area contributed by atoms with Crippen LogP contribution in [0.4, 0.5) is 5.69 Å². The van der Waals surface area contributed by atoms with Crippen molar-refractivity contribution in [2.75, 3.05) is 5.32 Å². The molecule has 4 nitrogen and oxygen atoms in total. The number of rotatable bonds is 4. The highest BCUT2D eigenvalue weighted by molar-refractivity contribution is 5.92. The first-order valence-electron chi connectivity index (χ1n) is 7.87. The van der Waals surface area contributed by atoms with Crippen molar-refractivity contribution in [3.8, 4) is 0 Å². The molecule has 1 amide bonds. The molecule has 0 spiro atoms. The van der Waals surface area contributed by atoms with Crippen LogP contribution in [-0.2, 0) is 11.3 Å². The molecule has 1 aromatic carbocycles. The molecule has 1 N–H and O–H groups in total. The molecule has 0 fully saturated rings. The number of benzene rings is 1. The van der Waals surface area contributed by atoms with Crippen molar-refractivity contribution >= 4 is 11.6 Å². The van der Waals surface area contributed by atoms with Crippen LogP contribution in [0.3, 0.4) is 0 Å². The molecule has 0 aliphatic carbocycles. The van der Waals surface area contributed by atoms with Gasteiger partial charge in [-0.1, -0.05) is 32.0 Å². The van der Waals surface area contributed by atoms with E-state index in [1.807, 2.05) is 43.5 Å². The molecule has 0 radical (unpaired) electrons. The Labute approximate surface area is 137 Å². The van der Waals surface area contributed by atoms with Crippen molar-refractivity contribution in [1.29, 1.82) is 0 Å². The molecule has 1 heterocycles. The summed E-state index contributed by atoms with van der Waals surface area (Å²) in [7, 11) is 0. The Morgan fingerprint density at radius 2 is 1.74 bits per heavy atom. The molecule has 1 aromatic heterocycles. The lowest BCUT2D eigenvalue weighted by molar-refractivity contribution is -0.116. The summed E-state index contributed by atoms with van der Waals surface area (Å²) in [4.78, 5) is 24.0. The van der Waals surface area contributed by atoms with E-state index in [-0.39, 0.29) is 17.9 Å². The van der Waals surface area contributed by atoms with E-state index in [9.17, 15) is 9.59 Å². The molecule has 0 aliphatic rings. The molecule has 2 aromatic rings. The van der Waals surface area contributed by atoms with Gasteiger partial charge >= 0.3 is 0 Å². The fraction of sp³-hybridized carbons (Fsp3) is 0.368. The molecule has 2 rings (SSSR count). The summed E-state index contributed by atoms with van der Waals surface area (Å²) in [5.41, 5.74) is 4.63. The molecule has 4 heteroatoms. The zero-order chi connectivity index (χ0) is 17.1. The Kier molecular flexibility index (Phi) is 5.04. The van der Waals surface area contributed by atoms with E-state index < -0.39 is 0 Å². The van der Waals surface area contributed by atoms with E-state index in [0.717, 1.165) is 28.2 Å². The van der Waals surface area contributed by atoms with E-state index in [1.54, 1.807) is 12.1 Å². The molecule has 23 heavy (non-hydrogen) atoms. The largest absolute Gasteiger partial charge is 0.340 e. The Bertz CT molecular complexity index is 762. The fourth-order valence-corrected chi connectivity index (χ4v) is 2.80. The number of aromatic nitrogens is 1. The summed E-state index contributed by atoms with van der Waals surface area (Å²) >= 11 is 0. The third-order valence-electron chi connectivity index (χ3n) is 4.05. The zero-order valence-electron chi connectivity index (χ0n) is 14.4. The Morgan fingerprint density at radius 3 is 2.30 bits per heavy atom. The number of pyridine rings is 1. The number of nitrogens with one attached hydrogen (secondary N) is 1. The molecule has 0 aliphatic heterocycles. The minimum atomic E-state index is -0.0870. The first-order valence-corrected chi connectivity index (χ1v) is 7.87. The van der Waals surface area contributed by atoms with Gasteiger partial charge in [-0.25, -0.2) is 0 Å². The number of para-hydroxylation sites is 1. The maximum absolute atomic E-state index is 12.5. The van der Waals surface area contributed by atoms with Gasteiger partial charge in [0.2, 0.25) is 5.91 Å². The van der Waals surface area contributed by atoms with Crippen LogP contribution in [0, 0.1) is 20.8 Å². The standard InChI is InChI=1S/C19H24N2O2/c1-12(2)17-8-6-7-13(3)19(17)20-18(23)11-21-14(4)9-16(22)10-15(21)5/h6-10,12H,11H2,1-5H3,(H,20,23). The Balaban J connectivity index is 2.26.